The number of carbonyl (C=O) groups is 1. The molecule has 7 heteroatoms. The van der Waals surface area contributed by atoms with Crippen molar-refractivity contribution in [2.75, 3.05) is 40.5 Å². The number of hydrogen-bond acceptors (Lipinski definition) is 4. The molecule has 1 atom stereocenters. The maximum atomic E-state index is 11.3. The fourth-order valence-electron chi connectivity index (χ4n) is 1.48. The van der Waals surface area contributed by atoms with Gasteiger partial charge >= 0.3 is 5.97 Å². The van der Waals surface area contributed by atoms with Crippen LogP contribution in [0.25, 0.3) is 0 Å². The summed E-state index contributed by atoms with van der Waals surface area (Å²) in [5.41, 5.74) is 0. The van der Waals surface area contributed by atoms with E-state index in [2.05, 4.69) is 27.3 Å². The molecular formula is C14H30IN3O3. The lowest BCUT2D eigenvalue weighted by atomic mass is 10.2. The molecule has 0 aliphatic carbocycles. The van der Waals surface area contributed by atoms with Crippen LogP contribution >= 0.6 is 24.0 Å². The van der Waals surface area contributed by atoms with Crippen LogP contribution < -0.4 is 10.6 Å². The minimum Gasteiger partial charge on any atom is -0.469 e. The monoisotopic (exact) mass is 415 g/mol. The molecule has 0 amide bonds. The quantitative estimate of drug-likeness (QED) is 0.187. The van der Waals surface area contributed by atoms with Gasteiger partial charge in [-0.05, 0) is 12.8 Å². The van der Waals surface area contributed by atoms with Crippen LogP contribution in [0.3, 0.4) is 0 Å². The highest BCUT2D eigenvalue weighted by Gasteiger charge is 2.12. The highest BCUT2D eigenvalue weighted by Crippen LogP contribution is 1.95. The SMILES string of the molecule is CCCCOCCCNC(=NC)NCC(C)C(=O)OC.I. The first-order valence-corrected chi connectivity index (χ1v) is 7.25. The van der Waals surface area contributed by atoms with Gasteiger partial charge in [-0.25, -0.2) is 0 Å². The highest BCUT2D eigenvalue weighted by molar-refractivity contribution is 14.0. The van der Waals surface area contributed by atoms with Gasteiger partial charge in [-0.3, -0.25) is 9.79 Å². The predicted octanol–water partition coefficient (Wildman–Crippen LogP) is 1.79. The molecule has 0 spiro atoms. The molecule has 126 valence electrons. The second-order valence-corrected chi connectivity index (χ2v) is 4.62. The summed E-state index contributed by atoms with van der Waals surface area (Å²) in [5, 5.41) is 6.27. The summed E-state index contributed by atoms with van der Waals surface area (Å²) in [6.45, 7) is 6.84. The number of nitrogens with zero attached hydrogens (tertiary/aromatic N) is 1. The van der Waals surface area contributed by atoms with Crippen LogP contribution in [-0.4, -0.2) is 52.4 Å². The standard InChI is InChI=1S/C14H29N3O3.HI/c1-5-6-9-20-10-7-8-16-14(15-3)17-11-12(2)13(18)19-4;/h12H,5-11H2,1-4H3,(H2,15,16,17);1H. The van der Waals surface area contributed by atoms with Gasteiger partial charge in [0.05, 0.1) is 13.0 Å². The first-order valence-electron chi connectivity index (χ1n) is 7.25. The van der Waals surface area contributed by atoms with E-state index in [9.17, 15) is 4.79 Å². The lowest BCUT2D eigenvalue weighted by Crippen LogP contribution is -2.41. The number of nitrogens with one attached hydrogen (secondary N) is 2. The number of methoxy groups -OCH3 is 1. The largest absolute Gasteiger partial charge is 0.469 e. The van der Waals surface area contributed by atoms with Gasteiger partial charge in [-0.2, -0.15) is 0 Å². The molecule has 0 saturated heterocycles. The first kappa shape index (κ1) is 22.7. The molecule has 0 aromatic carbocycles. The number of carbonyl (C=O) groups excluding carboxylic acids is 1. The van der Waals surface area contributed by atoms with Gasteiger partial charge < -0.3 is 20.1 Å². The van der Waals surface area contributed by atoms with Gasteiger partial charge in [0.25, 0.3) is 0 Å². The molecule has 21 heavy (non-hydrogen) atoms. The number of guanidine groups is 1. The Labute approximate surface area is 145 Å². The van der Waals surface area contributed by atoms with Crippen molar-refractivity contribution < 1.29 is 14.3 Å². The number of unbranched alkanes of at least 4 members (excludes halogenated alkanes) is 1. The Balaban J connectivity index is 0. The third-order valence-corrected chi connectivity index (χ3v) is 2.80. The van der Waals surface area contributed by atoms with Crippen molar-refractivity contribution in [2.24, 2.45) is 10.9 Å². The lowest BCUT2D eigenvalue weighted by Gasteiger charge is -2.14. The summed E-state index contributed by atoms with van der Waals surface area (Å²) in [4.78, 5) is 15.4. The van der Waals surface area contributed by atoms with Gasteiger partial charge in [-0.15, -0.1) is 24.0 Å². The molecule has 0 heterocycles. The zero-order chi connectivity index (χ0) is 15.2. The van der Waals surface area contributed by atoms with E-state index in [0.29, 0.717) is 12.5 Å². The Kier molecular flexibility index (Phi) is 17.1. The molecule has 0 rings (SSSR count). The number of halogens is 1. The van der Waals surface area contributed by atoms with Crippen molar-refractivity contribution in [1.29, 1.82) is 0 Å². The van der Waals surface area contributed by atoms with E-state index >= 15 is 0 Å². The molecule has 1 unspecified atom stereocenters. The van der Waals surface area contributed by atoms with Crippen molar-refractivity contribution in [3.05, 3.63) is 0 Å². The molecule has 0 aliphatic rings. The van der Waals surface area contributed by atoms with Crippen molar-refractivity contribution in [3.8, 4) is 0 Å². The molecule has 0 aromatic rings. The summed E-state index contributed by atoms with van der Waals surface area (Å²) in [7, 11) is 3.10. The van der Waals surface area contributed by atoms with Crippen LogP contribution in [-0.2, 0) is 14.3 Å². The van der Waals surface area contributed by atoms with E-state index in [4.69, 9.17) is 4.74 Å². The summed E-state index contributed by atoms with van der Waals surface area (Å²) in [6.07, 6.45) is 3.20. The van der Waals surface area contributed by atoms with E-state index in [1.165, 1.54) is 7.11 Å². The molecule has 0 saturated carbocycles. The number of esters is 1. The Morgan fingerprint density at radius 2 is 1.90 bits per heavy atom. The fourth-order valence-corrected chi connectivity index (χ4v) is 1.48. The molecule has 0 bridgehead atoms. The van der Waals surface area contributed by atoms with Crippen molar-refractivity contribution in [1.82, 2.24) is 10.6 Å². The smallest absolute Gasteiger partial charge is 0.310 e. The molecule has 2 N–H and O–H groups in total. The average molecular weight is 415 g/mol. The van der Waals surface area contributed by atoms with Crippen LogP contribution in [0, 0.1) is 5.92 Å². The molecule has 6 nitrogen and oxygen atoms in total. The van der Waals surface area contributed by atoms with Crippen LogP contribution in [0.4, 0.5) is 0 Å². The van der Waals surface area contributed by atoms with Gasteiger partial charge in [0.1, 0.15) is 0 Å². The third-order valence-electron chi connectivity index (χ3n) is 2.80. The van der Waals surface area contributed by atoms with E-state index in [0.717, 1.165) is 39.0 Å². The van der Waals surface area contributed by atoms with E-state index in [1.54, 1.807) is 7.05 Å². The molecular weight excluding hydrogens is 385 g/mol. The summed E-state index contributed by atoms with van der Waals surface area (Å²) in [5.74, 6) is 0.266. The lowest BCUT2D eigenvalue weighted by molar-refractivity contribution is -0.144. The molecule has 0 fully saturated rings. The zero-order valence-electron chi connectivity index (χ0n) is 13.6. The Hall–Kier alpha value is -0.570. The Morgan fingerprint density at radius 1 is 1.24 bits per heavy atom. The maximum Gasteiger partial charge on any atom is 0.310 e. The van der Waals surface area contributed by atoms with E-state index in [1.807, 2.05) is 6.92 Å². The second-order valence-electron chi connectivity index (χ2n) is 4.62. The van der Waals surface area contributed by atoms with E-state index in [-0.39, 0.29) is 35.9 Å². The minimum atomic E-state index is -0.225. The predicted molar refractivity (Wildman–Crippen MR) is 96.3 cm³/mol. The molecule has 0 radical (unpaired) electrons. The van der Waals surface area contributed by atoms with Crippen LogP contribution in [0.5, 0.6) is 0 Å². The summed E-state index contributed by atoms with van der Waals surface area (Å²) in [6, 6.07) is 0. The second kappa shape index (κ2) is 15.8. The Morgan fingerprint density at radius 3 is 2.48 bits per heavy atom. The van der Waals surface area contributed by atoms with Crippen molar-refractivity contribution in [2.45, 2.75) is 33.1 Å². The Bertz CT molecular complexity index is 289. The topological polar surface area (TPSA) is 72.0 Å². The maximum absolute atomic E-state index is 11.3. The van der Waals surface area contributed by atoms with Crippen LogP contribution in [0.2, 0.25) is 0 Å². The van der Waals surface area contributed by atoms with Gasteiger partial charge in [0.2, 0.25) is 0 Å². The van der Waals surface area contributed by atoms with Gasteiger partial charge in [0, 0.05) is 33.4 Å². The van der Waals surface area contributed by atoms with E-state index < -0.39 is 0 Å². The summed E-state index contributed by atoms with van der Waals surface area (Å²) < 4.78 is 10.1. The van der Waals surface area contributed by atoms with Gasteiger partial charge in [-0.1, -0.05) is 20.3 Å². The number of aliphatic imine (C=N–C) groups is 1. The number of rotatable bonds is 10. The zero-order valence-corrected chi connectivity index (χ0v) is 15.9. The number of hydrogen-bond donors (Lipinski definition) is 2. The average Bonchev–Trinajstić information content (AvgIpc) is 2.48. The first-order chi connectivity index (χ1) is 9.65. The molecule has 0 aliphatic heterocycles. The highest BCUT2D eigenvalue weighted by atomic mass is 127. The summed E-state index contributed by atoms with van der Waals surface area (Å²) >= 11 is 0. The van der Waals surface area contributed by atoms with Crippen LogP contribution in [0.1, 0.15) is 33.1 Å². The fraction of sp³-hybridized carbons (Fsp3) is 0.857. The third kappa shape index (κ3) is 12.9. The van der Waals surface area contributed by atoms with Crippen molar-refractivity contribution in [3.63, 3.8) is 0 Å². The van der Waals surface area contributed by atoms with Gasteiger partial charge in [0.15, 0.2) is 5.96 Å². The number of ether oxygens (including phenoxy) is 2. The van der Waals surface area contributed by atoms with Crippen molar-refractivity contribution >= 4 is 35.9 Å². The normalized spacial score (nSPS) is 12.3. The van der Waals surface area contributed by atoms with Crippen LogP contribution in [0.15, 0.2) is 4.99 Å². The molecule has 0 aromatic heterocycles. The minimum absolute atomic E-state index is 0.